The van der Waals surface area contributed by atoms with Crippen molar-refractivity contribution < 1.29 is 0 Å². The van der Waals surface area contributed by atoms with Crippen molar-refractivity contribution in [1.82, 2.24) is 0 Å². The number of hydrogen-bond acceptors (Lipinski definition) is 1. The zero-order valence-corrected chi connectivity index (χ0v) is 7.64. The molecule has 0 saturated heterocycles. The molecule has 2 rings (SSSR count). The highest BCUT2D eigenvalue weighted by atomic mass is 14.7. The van der Waals surface area contributed by atoms with Gasteiger partial charge in [-0.25, -0.2) is 0 Å². The molecule has 0 aliphatic heterocycles. The van der Waals surface area contributed by atoms with Gasteiger partial charge in [-0.15, -0.1) is 0 Å². The summed E-state index contributed by atoms with van der Waals surface area (Å²) < 4.78 is 0. The smallest absolute Gasteiger partial charge is 0.00179 e. The van der Waals surface area contributed by atoms with E-state index in [0.29, 0.717) is 5.41 Å². The first-order valence-corrected chi connectivity index (χ1v) is 4.88. The molecule has 2 saturated carbocycles. The van der Waals surface area contributed by atoms with E-state index < -0.39 is 0 Å². The minimum absolute atomic E-state index is 0.535. The standard InChI is InChI=1S/C10H19N/c1-7(2)10(6-11)4-8-3-9(8)5-10/h7-9H,3-6,11H2,1-2H3. The van der Waals surface area contributed by atoms with Crippen molar-refractivity contribution in [2.45, 2.75) is 33.1 Å². The van der Waals surface area contributed by atoms with E-state index in [9.17, 15) is 0 Å². The van der Waals surface area contributed by atoms with Crippen LogP contribution in [-0.4, -0.2) is 6.54 Å². The van der Waals surface area contributed by atoms with Gasteiger partial charge in [0.1, 0.15) is 0 Å². The van der Waals surface area contributed by atoms with E-state index in [-0.39, 0.29) is 0 Å². The molecule has 0 radical (unpaired) electrons. The number of fused-ring (bicyclic) bond motifs is 1. The summed E-state index contributed by atoms with van der Waals surface area (Å²) in [6.45, 7) is 5.58. The van der Waals surface area contributed by atoms with E-state index in [1.54, 1.807) is 0 Å². The van der Waals surface area contributed by atoms with Crippen LogP contribution in [0.25, 0.3) is 0 Å². The molecule has 1 nitrogen and oxygen atoms in total. The van der Waals surface area contributed by atoms with Gasteiger partial charge in [-0.3, -0.25) is 0 Å². The molecule has 2 unspecified atom stereocenters. The molecule has 0 aromatic carbocycles. The second-order valence-corrected chi connectivity index (χ2v) is 4.89. The minimum atomic E-state index is 0.535. The van der Waals surface area contributed by atoms with Gasteiger partial charge in [-0.1, -0.05) is 13.8 Å². The van der Waals surface area contributed by atoms with Crippen molar-refractivity contribution in [2.75, 3.05) is 6.54 Å². The maximum atomic E-state index is 5.85. The topological polar surface area (TPSA) is 26.0 Å². The Morgan fingerprint density at radius 3 is 2.18 bits per heavy atom. The van der Waals surface area contributed by atoms with Crippen LogP contribution in [0.5, 0.6) is 0 Å². The molecular weight excluding hydrogens is 134 g/mol. The fraction of sp³-hybridized carbons (Fsp3) is 1.00. The second-order valence-electron chi connectivity index (χ2n) is 4.89. The van der Waals surface area contributed by atoms with Gasteiger partial charge in [0, 0.05) is 0 Å². The Hall–Kier alpha value is -0.0400. The molecule has 2 atom stereocenters. The average Bonchev–Trinajstić information content (AvgIpc) is 2.59. The first kappa shape index (κ1) is 7.60. The zero-order valence-electron chi connectivity index (χ0n) is 7.64. The molecule has 0 bridgehead atoms. The minimum Gasteiger partial charge on any atom is -0.330 e. The lowest BCUT2D eigenvalue weighted by Gasteiger charge is -2.33. The van der Waals surface area contributed by atoms with E-state index in [4.69, 9.17) is 5.73 Å². The third-order valence-corrected chi connectivity index (χ3v) is 4.04. The SMILES string of the molecule is CC(C)C1(CN)CC2CC2C1. The van der Waals surface area contributed by atoms with Crippen LogP contribution in [0.3, 0.4) is 0 Å². The van der Waals surface area contributed by atoms with E-state index in [0.717, 1.165) is 24.3 Å². The summed E-state index contributed by atoms with van der Waals surface area (Å²) in [5, 5.41) is 0. The lowest BCUT2D eigenvalue weighted by Crippen LogP contribution is -2.34. The molecule has 2 N–H and O–H groups in total. The van der Waals surface area contributed by atoms with Gasteiger partial charge in [0.05, 0.1) is 0 Å². The summed E-state index contributed by atoms with van der Waals surface area (Å²) >= 11 is 0. The molecule has 0 aromatic heterocycles. The average molecular weight is 153 g/mol. The normalized spacial score (nSPS) is 48.0. The first-order chi connectivity index (χ1) is 5.18. The van der Waals surface area contributed by atoms with Crippen LogP contribution in [0.1, 0.15) is 33.1 Å². The molecule has 64 valence electrons. The van der Waals surface area contributed by atoms with E-state index in [1.165, 1.54) is 19.3 Å². The molecule has 2 aliphatic carbocycles. The molecule has 1 heteroatoms. The third kappa shape index (κ3) is 1.01. The van der Waals surface area contributed by atoms with Crippen molar-refractivity contribution in [3.63, 3.8) is 0 Å². The lowest BCUT2D eigenvalue weighted by atomic mass is 9.73. The number of hydrogen-bond donors (Lipinski definition) is 1. The van der Waals surface area contributed by atoms with Crippen molar-refractivity contribution in [3.8, 4) is 0 Å². The number of nitrogens with two attached hydrogens (primary N) is 1. The van der Waals surface area contributed by atoms with Crippen LogP contribution in [-0.2, 0) is 0 Å². The molecule has 0 aromatic rings. The molecule has 0 amide bonds. The van der Waals surface area contributed by atoms with Gasteiger partial charge in [-0.05, 0) is 49.0 Å². The monoisotopic (exact) mass is 153 g/mol. The summed E-state index contributed by atoms with van der Waals surface area (Å²) in [5.74, 6) is 2.93. The summed E-state index contributed by atoms with van der Waals surface area (Å²) in [6.07, 6.45) is 4.35. The highest BCUT2D eigenvalue weighted by Crippen LogP contribution is 2.61. The van der Waals surface area contributed by atoms with Crippen molar-refractivity contribution in [1.29, 1.82) is 0 Å². The maximum Gasteiger partial charge on any atom is -0.00179 e. The summed E-state index contributed by atoms with van der Waals surface area (Å²) in [6, 6.07) is 0. The van der Waals surface area contributed by atoms with Crippen LogP contribution in [0.2, 0.25) is 0 Å². The number of rotatable bonds is 2. The summed E-state index contributed by atoms with van der Waals surface area (Å²) in [4.78, 5) is 0. The van der Waals surface area contributed by atoms with Crippen LogP contribution in [0, 0.1) is 23.2 Å². The molecule has 11 heavy (non-hydrogen) atoms. The Labute approximate surface area is 69.4 Å². The van der Waals surface area contributed by atoms with Crippen molar-refractivity contribution >= 4 is 0 Å². The lowest BCUT2D eigenvalue weighted by molar-refractivity contribution is 0.184. The van der Waals surface area contributed by atoms with Gasteiger partial charge in [-0.2, -0.15) is 0 Å². The fourth-order valence-electron chi connectivity index (χ4n) is 2.81. The summed E-state index contributed by atoms with van der Waals surface area (Å²) in [5.41, 5.74) is 6.39. The maximum absolute atomic E-state index is 5.85. The van der Waals surface area contributed by atoms with Crippen molar-refractivity contribution in [2.24, 2.45) is 28.9 Å². The van der Waals surface area contributed by atoms with Crippen LogP contribution in [0.15, 0.2) is 0 Å². The van der Waals surface area contributed by atoms with E-state index in [1.807, 2.05) is 0 Å². The van der Waals surface area contributed by atoms with Gasteiger partial charge in [0.2, 0.25) is 0 Å². The van der Waals surface area contributed by atoms with E-state index in [2.05, 4.69) is 13.8 Å². The quantitative estimate of drug-likeness (QED) is 0.645. The predicted octanol–water partition coefficient (Wildman–Crippen LogP) is 2.02. The largest absolute Gasteiger partial charge is 0.330 e. The Balaban J connectivity index is 2.07. The molecular formula is C10H19N. The molecule has 2 aliphatic rings. The second kappa shape index (κ2) is 2.22. The van der Waals surface area contributed by atoms with Crippen molar-refractivity contribution in [3.05, 3.63) is 0 Å². The molecule has 0 heterocycles. The third-order valence-electron chi connectivity index (χ3n) is 4.04. The summed E-state index contributed by atoms with van der Waals surface area (Å²) in [7, 11) is 0. The Kier molecular flexibility index (Phi) is 1.54. The van der Waals surface area contributed by atoms with Crippen LogP contribution < -0.4 is 5.73 Å². The Bertz CT molecular complexity index is 152. The Morgan fingerprint density at radius 1 is 1.36 bits per heavy atom. The highest BCUT2D eigenvalue weighted by Gasteiger charge is 2.53. The van der Waals surface area contributed by atoms with Crippen LogP contribution >= 0.6 is 0 Å². The molecule has 0 spiro atoms. The van der Waals surface area contributed by atoms with Gasteiger partial charge in [0.15, 0.2) is 0 Å². The predicted molar refractivity (Wildman–Crippen MR) is 47.2 cm³/mol. The Morgan fingerprint density at radius 2 is 1.91 bits per heavy atom. The van der Waals surface area contributed by atoms with Gasteiger partial charge in [0.25, 0.3) is 0 Å². The highest BCUT2D eigenvalue weighted by molar-refractivity contribution is 5.04. The van der Waals surface area contributed by atoms with E-state index >= 15 is 0 Å². The first-order valence-electron chi connectivity index (χ1n) is 4.88. The molecule has 2 fully saturated rings. The van der Waals surface area contributed by atoms with Crippen LogP contribution in [0.4, 0.5) is 0 Å². The van der Waals surface area contributed by atoms with Gasteiger partial charge >= 0.3 is 0 Å². The van der Waals surface area contributed by atoms with Gasteiger partial charge < -0.3 is 5.73 Å². The fourth-order valence-corrected chi connectivity index (χ4v) is 2.81. The zero-order chi connectivity index (χ0) is 8.06.